The van der Waals surface area contributed by atoms with Gasteiger partial charge in [-0.25, -0.2) is 0 Å². The van der Waals surface area contributed by atoms with Gasteiger partial charge in [-0.05, 0) is 19.3 Å². The summed E-state index contributed by atoms with van der Waals surface area (Å²) in [6.07, 6.45) is 5.38. The van der Waals surface area contributed by atoms with Gasteiger partial charge in [-0.15, -0.1) is 0 Å². The minimum absolute atomic E-state index is 0.788. The van der Waals surface area contributed by atoms with Crippen molar-refractivity contribution in [3.63, 3.8) is 0 Å². The van der Waals surface area contributed by atoms with Crippen molar-refractivity contribution in [2.75, 3.05) is 14.1 Å². The van der Waals surface area contributed by atoms with E-state index in [1.54, 1.807) is 0 Å². The van der Waals surface area contributed by atoms with Gasteiger partial charge >= 0.3 is 0 Å². The van der Waals surface area contributed by atoms with Gasteiger partial charge in [0.2, 0.25) is 0 Å². The van der Waals surface area contributed by atoms with Crippen LogP contribution in [0.15, 0.2) is 11.8 Å². The number of hydrogen-bond donors (Lipinski definition) is 1. The quantitative estimate of drug-likeness (QED) is 0.586. The van der Waals surface area contributed by atoms with E-state index in [1.165, 1.54) is 0 Å². The van der Waals surface area contributed by atoms with Crippen LogP contribution < -0.4 is 0 Å². The highest BCUT2D eigenvalue weighted by atomic mass is 15.1. The van der Waals surface area contributed by atoms with E-state index in [-0.39, 0.29) is 0 Å². The van der Waals surface area contributed by atoms with E-state index in [0.29, 0.717) is 0 Å². The fourth-order valence-corrected chi connectivity index (χ4v) is 1.22. The van der Waals surface area contributed by atoms with Gasteiger partial charge in [0.05, 0.1) is 11.4 Å². The molecule has 0 heterocycles. The first-order chi connectivity index (χ1) is 4.72. The van der Waals surface area contributed by atoms with Gasteiger partial charge in [0, 0.05) is 14.1 Å². The first-order valence-corrected chi connectivity index (χ1v) is 3.67. The third-order valence-corrected chi connectivity index (χ3v) is 1.76. The monoisotopic (exact) mass is 138 g/mol. The first kappa shape index (κ1) is 7.32. The Balaban J connectivity index is 2.71. The van der Waals surface area contributed by atoms with Crippen molar-refractivity contribution in [3.8, 4) is 0 Å². The molecule has 2 nitrogen and oxygen atoms in total. The van der Waals surface area contributed by atoms with E-state index in [2.05, 4.69) is 6.08 Å². The third kappa shape index (κ3) is 1.38. The summed E-state index contributed by atoms with van der Waals surface area (Å²) < 4.78 is 0. The lowest BCUT2D eigenvalue weighted by molar-refractivity contribution is 0.526. The summed E-state index contributed by atoms with van der Waals surface area (Å²) in [6.45, 7) is 0. The molecule has 56 valence electrons. The molecule has 1 aliphatic rings. The van der Waals surface area contributed by atoms with Gasteiger partial charge in [-0.1, -0.05) is 6.08 Å². The Morgan fingerprint density at radius 2 is 2.20 bits per heavy atom. The van der Waals surface area contributed by atoms with Crippen molar-refractivity contribution in [1.29, 1.82) is 5.41 Å². The average Bonchev–Trinajstić information content (AvgIpc) is 1.88. The molecule has 0 radical (unpaired) electrons. The molecular weight excluding hydrogens is 124 g/mol. The first-order valence-electron chi connectivity index (χ1n) is 3.67. The molecule has 0 unspecified atom stereocenters. The molecule has 0 aromatic carbocycles. The Bertz CT molecular complexity index is 168. The van der Waals surface area contributed by atoms with Crippen LogP contribution in [0.3, 0.4) is 0 Å². The molecule has 10 heavy (non-hydrogen) atoms. The van der Waals surface area contributed by atoms with E-state index in [9.17, 15) is 0 Å². The highest BCUT2D eigenvalue weighted by Gasteiger charge is 2.10. The predicted octanol–water partition coefficient (Wildman–Crippen LogP) is 1.64. The zero-order chi connectivity index (χ0) is 7.56. The van der Waals surface area contributed by atoms with Gasteiger partial charge < -0.3 is 10.3 Å². The molecule has 0 aromatic rings. The van der Waals surface area contributed by atoms with E-state index in [0.717, 1.165) is 30.7 Å². The number of rotatable bonds is 1. The van der Waals surface area contributed by atoms with Crippen LogP contribution >= 0.6 is 0 Å². The molecule has 0 amide bonds. The zero-order valence-electron chi connectivity index (χ0n) is 6.65. The fourth-order valence-electron chi connectivity index (χ4n) is 1.22. The maximum atomic E-state index is 7.57. The SMILES string of the molecule is CN(C)C1=CCCCC1=N. The second kappa shape index (κ2) is 2.86. The highest BCUT2D eigenvalue weighted by Crippen LogP contribution is 2.15. The van der Waals surface area contributed by atoms with Gasteiger partial charge in [-0.3, -0.25) is 0 Å². The van der Waals surface area contributed by atoms with Crippen molar-refractivity contribution in [1.82, 2.24) is 4.90 Å². The Labute approximate surface area is 62.0 Å². The molecule has 0 aliphatic heterocycles. The van der Waals surface area contributed by atoms with Crippen molar-refractivity contribution in [3.05, 3.63) is 11.8 Å². The molecule has 0 bridgehead atoms. The highest BCUT2D eigenvalue weighted by molar-refractivity contribution is 5.97. The van der Waals surface area contributed by atoms with Crippen LogP contribution in [0.4, 0.5) is 0 Å². The Morgan fingerprint density at radius 1 is 1.50 bits per heavy atom. The molecule has 0 saturated carbocycles. The molecule has 1 rings (SSSR count). The number of nitrogens with one attached hydrogen (secondary N) is 1. The van der Waals surface area contributed by atoms with Crippen LogP contribution in [-0.2, 0) is 0 Å². The van der Waals surface area contributed by atoms with Crippen LogP contribution in [-0.4, -0.2) is 24.7 Å². The Morgan fingerprint density at radius 3 is 2.60 bits per heavy atom. The van der Waals surface area contributed by atoms with E-state index < -0.39 is 0 Å². The number of allylic oxidation sites excluding steroid dienone is 2. The lowest BCUT2D eigenvalue weighted by Crippen LogP contribution is -2.20. The predicted molar refractivity (Wildman–Crippen MR) is 43.3 cm³/mol. The molecule has 0 fully saturated rings. The topological polar surface area (TPSA) is 27.1 Å². The van der Waals surface area contributed by atoms with Crippen molar-refractivity contribution >= 4 is 5.71 Å². The summed E-state index contributed by atoms with van der Waals surface area (Å²) in [5.74, 6) is 0. The summed E-state index contributed by atoms with van der Waals surface area (Å²) in [7, 11) is 3.98. The van der Waals surface area contributed by atoms with Gasteiger partial charge in [0.1, 0.15) is 0 Å². The van der Waals surface area contributed by atoms with Crippen molar-refractivity contribution in [2.45, 2.75) is 19.3 Å². The van der Waals surface area contributed by atoms with E-state index in [4.69, 9.17) is 5.41 Å². The lowest BCUT2D eigenvalue weighted by atomic mass is 10.0. The van der Waals surface area contributed by atoms with E-state index >= 15 is 0 Å². The second-order valence-corrected chi connectivity index (χ2v) is 2.85. The number of hydrogen-bond acceptors (Lipinski definition) is 2. The van der Waals surface area contributed by atoms with Crippen LogP contribution in [0.25, 0.3) is 0 Å². The van der Waals surface area contributed by atoms with Gasteiger partial charge in [-0.2, -0.15) is 0 Å². The molecule has 2 heteroatoms. The lowest BCUT2D eigenvalue weighted by Gasteiger charge is -2.21. The van der Waals surface area contributed by atoms with Gasteiger partial charge in [0.15, 0.2) is 0 Å². The summed E-state index contributed by atoms with van der Waals surface area (Å²) in [5.41, 5.74) is 1.89. The van der Waals surface area contributed by atoms with Crippen LogP contribution in [0, 0.1) is 5.41 Å². The standard InChI is InChI=1S/C8H14N2/c1-10(2)8-6-4-3-5-7(8)9/h6,9H,3-5H2,1-2H3. The van der Waals surface area contributed by atoms with Crippen molar-refractivity contribution in [2.24, 2.45) is 0 Å². The third-order valence-electron chi connectivity index (χ3n) is 1.76. The summed E-state index contributed by atoms with van der Waals surface area (Å²) >= 11 is 0. The minimum Gasteiger partial charge on any atom is -0.376 e. The molecule has 0 aromatic heterocycles. The van der Waals surface area contributed by atoms with Crippen LogP contribution in [0.1, 0.15) is 19.3 Å². The van der Waals surface area contributed by atoms with Crippen LogP contribution in [0.2, 0.25) is 0 Å². The fraction of sp³-hybridized carbons (Fsp3) is 0.625. The zero-order valence-corrected chi connectivity index (χ0v) is 6.65. The number of nitrogens with zero attached hydrogens (tertiary/aromatic N) is 1. The van der Waals surface area contributed by atoms with Gasteiger partial charge in [0.25, 0.3) is 0 Å². The Kier molecular flexibility index (Phi) is 2.10. The Hall–Kier alpha value is -0.790. The largest absolute Gasteiger partial charge is 0.376 e. The molecule has 0 saturated heterocycles. The normalized spacial score (nSPS) is 18.6. The second-order valence-electron chi connectivity index (χ2n) is 2.85. The molecule has 1 N–H and O–H groups in total. The van der Waals surface area contributed by atoms with Crippen LogP contribution in [0.5, 0.6) is 0 Å². The average molecular weight is 138 g/mol. The van der Waals surface area contributed by atoms with Crippen molar-refractivity contribution < 1.29 is 0 Å². The van der Waals surface area contributed by atoms with E-state index in [1.807, 2.05) is 19.0 Å². The molecule has 0 spiro atoms. The summed E-state index contributed by atoms with van der Waals surface area (Å²) in [5, 5.41) is 7.57. The molecular formula is C8H14N2. The molecule has 0 atom stereocenters. The maximum absolute atomic E-state index is 7.57. The minimum atomic E-state index is 0.788. The summed E-state index contributed by atoms with van der Waals surface area (Å²) in [6, 6.07) is 0. The summed E-state index contributed by atoms with van der Waals surface area (Å²) in [4.78, 5) is 2.02. The molecule has 1 aliphatic carbocycles. The maximum Gasteiger partial charge on any atom is 0.0543 e. The smallest absolute Gasteiger partial charge is 0.0543 e.